The normalized spacial score (nSPS) is 14.2. The first-order valence-electron chi connectivity index (χ1n) is 12.3. The van der Waals surface area contributed by atoms with Crippen molar-refractivity contribution in [3.63, 3.8) is 0 Å². The van der Waals surface area contributed by atoms with Crippen LogP contribution in [0.2, 0.25) is 0 Å². The molecule has 212 valence electrons. The number of ketones is 3. The number of rotatable bonds is 3. The van der Waals surface area contributed by atoms with E-state index >= 15 is 0 Å². The molecule has 3 aliphatic heterocycles. The number of carbonyl (C=O) groups excluding carboxylic acids is 5. The van der Waals surface area contributed by atoms with Gasteiger partial charge in [-0.3, -0.25) is 14.4 Å². The third kappa shape index (κ3) is 7.85. The number of aliphatic imine (C=N–C) groups is 3. The fourth-order valence-corrected chi connectivity index (χ4v) is 4.11. The van der Waals surface area contributed by atoms with Crippen molar-refractivity contribution in [1.82, 2.24) is 0 Å². The van der Waals surface area contributed by atoms with Crippen molar-refractivity contribution >= 4 is 96.8 Å². The third-order valence-electron chi connectivity index (χ3n) is 6.11. The Bertz CT molecular complexity index is 1560. The van der Waals surface area contributed by atoms with Gasteiger partial charge in [-0.15, -0.1) is 0 Å². The molecule has 3 aliphatic rings. The number of aliphatic carboxylic acids is 3. The molecule has 0 saturated heterocycles. The van der Waals surface area contributed by atoms with Crippen molar-refractivity contribution in [3.05, 3.63) is 89.5 Å². The van der Waals surface area contributed by atoms with E-state index in [9.17, 15) is 39.0 Å². The Balaban J connectivity index is 0.000000175. The summed E-state index contributed by atoms with van der Waals surface area (Å²) < 4.78 is 0. The van der Waals surface area contributed by atoms with E-state index in [1.165, 1.54) is 0 Å². The predicted octanol–water partition coefficient (Wildman–Crippen LogP) is -0.143. The van der Waals surface area contributed by atoms with E-state index in [-0.39, 0.29) is 52.3 Å². The zero-order valence-electron chi connectivity index (χ0n) is 22.1. The summed E-state index contributed by atoms with van der Waals surface area (Å²) in [5.41, 5.74) is 2.59. The SMILES string of the molecule is O=C(O)C1=Nc2ccccc2CC1=O.O=C([O-])C1=Nc2ccccc2CC1=O.O=C([O-])C1=Nc2ccccc2CC1=O.[Pb+2]. The Morgan fingerprint density at radius 3 is 1.12 bits per heavy atom. The van der Waals surface area contributed by atoms with Gasteiger partial charge in [0.2, 0.25) is 0 Å². The number of fused-ring (bicyclic) bond motifs is 3. The largest absolute Gasteiger partial charge is 2.00 e. The Kier molecular flexibility index (Phi) is 10.8. The van der Waals surface area contributed by atoms with Gasteiger partial charge in [0.1, 0.15) is 11.4 Å². The summed E-state index contributed by atoms with van der Waals surface area (Å²) in [6.45, 7) is 0. The fourth-order valence-electron chi connectivity index (χ4n) is 4.11. The first kappa shape index (κ1) is 32.5. The number of hydrogen-bond acceptors (Lipinski definition) is 11. The number of hydrogen-bond donors (Lipinski definition) is 1. The molecular weight excluding hydrogens is 754 g/mol. The number of benzene rings is 3. The Labute approximate surface area is 263 Å². The molecule has 0 bridgehead atoms. The monoisotopic (exact) mass is 773 g/mol. The number of para-hydroxylation sites is 3. The molecule has 0 saturated carbocycles. The molecule has 0 aliphatic carbocycles. The maximum Gasteiger partial charge on any atom is 2.00 e. The molecule has 0 aromatic heterocycles. The molecular formula is C30H19N3O9Pb. The summed E-state index contributed by atoms with van der Waals surface area (Å²) in [6, 6.07) is 20.9. The van der Waals surface area contributed by atoms with Gasteiger partial charge in [-0.25, -0.2) is 19.8 Å². The minimum Gasteiger partial charge on any atom is -0.543 e. The Hall–Kier alpha value is -4.99. The third-order valence-corrected chi connectivity index (χ3v) is 6.11. The predicted molar refractivity (Wildman–Crippen MR) is 150 cm³/mol. The van der Waals surface area contributed by atoms with Crippen molar-refractivity contribution < 1.29 is 44.1 Å². The molecule has 13 heteroatoms. The van der Waals surface area contributed by atoms with Gasteiger partial charge in [0.25, 0.3) is 0 Å². The molecule has 3 heterocycles. The summed E-state index contributed by atoms with van der Waals surface area (Å²) in [7, 11) is 0. The van der Waals surface area contributed by atoms with E-state index in [0.717, 1.165) is 16.7 Å². The van der Waals surface area contributed by atoms with Crippen LogP contribution in [0.4, 0.5) is 17.1 Å². The Morgan fingerprint density at radius 2 is 0.814 bits per heavy atom. The smallest absolute Gasteiger partial charge is 0.543 e. The number of carboxylic acids is 3. The standard InChI is InChI=1S/3C10H7NO3.Pb/c3*12-8-5-6-3-1-2-4-7(6)11-9(8)10(13)14;/h3*1-4H,5H2,(H,13,14);/q;;;+2/p-2. The van der Waals surface area contributed by atoms with E-state index in [0.29, 0.717) is 17.1 Å². The average Bonchev–Trinajstić information content (AvgIpc) is 2.96. The molecule has 6 rings (SSSR count). The van der Waals surface area contributed by atoms with Crippen LogP contribution < -0.4 is 10.2 Å². The van der Waals surface area contributed by atoms with E-state index in [4.69, 9.17) is 5.11 Å². The van der Waals surface area contributed by atoms with Crippen LogP contribution in [0.5, 0.6) is 0 Å². The molecule has 0 amide bonds. The van der Waals surface area contributed by atoms with Crippen molar-refractivity contribution in [2.24, 2.45) is 15.0 Å². The van der Waals surface area contributed by atoms with Crippen LogP contribution in [0.25, 0.3) is 0 Å². The van der Waals surface area contributed by atoms with Crippen molar-refractivity contribution in [3.8, 4) is 0 Å². The molecule has 0 atom stereocenters. The number of carbonyl (C=O) groups is 6. The van der Waals surface area contributed by atoms with Gasteiger partial charge in [-0.1, -0.05) is 54.6 Å². The number of nitrogens with zero attached hydrogens (tertiary/aromatic N) is 3. The quantitative estimate of drug-likeness (QED) is 0.351. The fraction of sp³-hybridized carbons (Fsp3) is 0.100. The molecule has 3 aromatic carbocycles. The maximum atomic E-state index is 11.3. The second-order valence-corrected chi connectivity index (χ2v) is 8.95. The van der Waals surface area contributed by atoms with Crippen LogP contribution in [0.15, 0.2) is 87.8 Å². The molecule has 2 radical (unpaired) electrons. The van der Waals surface area contributed by atoms with Crippen molar-refractivity contribution in [2.75, 3.05) is 0 Å². The van der Waals surface area contributed by atoms with Crippen LogP contribution in [0.1, 0.15) is 16.7 Å². The van der Waals surface area contributed by atoms with Crippen molar-refractivity contribution in [1.29, 1.82) is 0 Å². The van der Waals surface area contributed by atoms with E-state index in [1.54, 1.807) is 72.8 Å². The molecule has 0 fully saturated rings. The number of carboxylic acid groups (broad SMARTS) is 3. The van der Waals surface area contributed by atoms with Crippen molar-refractivity contribution in [2.45, 2.75) is 19.3 Å². The summed E-state index contributed by atoms with van der Waals surface area (Å²) in [5, 5.41) is 29.7. The number of Topliss-reactive ketones (excluding diaryl/α,β-unsaturated/α-hetero) is 3. The minimum absolute atomic E-state index is 0. The Morgan fingerprint density at radius 1 is 0.535 bits per heavy atom. The van der Waals surface area contributed by atoms with Crippen LogP contribution >= 0.6 is 0 Å². The van der Waals surface area contributed by atoms with Gasteiger partial charge >= 0.3 is 33.3 Å². The van der Waals surface area contributed by atoms with Crippen LogP contribution in [-0.4, -0.2) is 84.8 Å². The van der Waals surface area contributed by atoms with E-state index < -0.39 is 46.7 Å². The average molecular weight is 773 g/mol. The summed E-state index contributed by atoms with van der Waals surface area (Å²) in [6.07, 6.45) is 0.299. The first-order valence-corrected chi connectivity index (χ1v) is 12.3. The van der Waals surface area contributed by atoms with Gasteiger partial charge in [0, 0.05) is 19.3 Å². The summed E-state index contributed by atoms with van der Waals surface area (Å²) >= 11 is 0. The van der Waals surface area contributed by atoms with Gasteiger partial charge in [0.05, 0.1) is 29.0 Å². The first-order chi connectivity index (χ1) is 20.0. The summed E-state index contributed by atoms with van der Waals surface area (Å²) in [4.78, 5) is 76.7. The zero-order chi connectivity index (χ0) is 30.4. The molecule has 12 nitrogen and oxygen atoms in total. The molecule has 0 unspecified atom stereocenters. The van der Waals surface area contributed by atoms with E-state index in [2.05, 4.69) is 15.0 Å². The molecule has 0 spiro atoms. The summed E-state index contributed by atoms with van der Waals surface area (Å²) in [5.74, 6) is -5.71. The van der Waals surface area contributed by atoms with Crippen LogP contribution in [0, 0.1) is 0 Å². The van der Waals surface area contributed by atoms with E-state index in [1.807, 2.05) is 0 Å². The molecule has 1 N–H and O–H groups in total. The second-order valence-electron chi connectivity index (χ2n) is 8.95. The second kappa shape index (κ2) is 14.3. The van der Waals surface area contributed by atoms with Gasteiger partial charge in [-0.2, -0.15) is 0 Å². The van der Waals surface area contributed by atoms with Gasteiger partial charge < -0.3 is 24.9 Å². The van der Waals surface area contributed by atoms with Crippen LogP contribution in [-0.2, 0) is 48.0 Å². The van der Waals surface area contributed by atoms with Gasteiger partial charge in [-0.05, 0) is 34.9 Å². The zero-order valence-corrected chi connectivity index (χ0v) is 26.0. The van der Waals surface area contributed by atoms with Crippen LogP contribution in [0.3, 0.4) is 0 Å². The maximum absolute atomic E-state index is 11.3. The molecule has 43 heavy (non-hydrogen) atoms. The van der Waals surface area contributed by atoms with Gasteiger partial charge in [0.15, 0.2) is 23.1 Å². The topological polar surface area (TPSA) is 206 Å². The minimum atomic E-state index is -1.51. The molecule has 3 aromatic rings.